The molecular weight excluding hydrogens is 662 g/mol. The summed E-state index contributed by atoms with van der Waals surface area (Å²) in [7, 11) is 0. The topological polar surface area (TPSA) is 240 Å². The van der Waals surface area contributed by atoms with Gasteiger partial charge >= 0.3 is 0 Å². The van der Waals surface area contributed by atoms with Gasteiger partial charge in [-0.3, -0.25) is 24.0 Å². The first kappa shape index (κ1) is 39.2. The lowest BCUT2D eigenvalue weighted by Crippen LogP contribution is -2.60. The normalized spacial score (nSPS) is 13.7. The molecule has 3 aromatic carbocycles. The van der Waals surface area contributed by atoms with Crippen LogP contribution < -0.4 is 38.5 Å². The summed E-state index contributed by atoms with van der Waals surface area (Å²) in [5, 5.41) is 13.0. The Hall–Kier alpha value is -5.60. The molecule has 0 radical (unpaired) electrons. The van der Waals surface area contributed by atoms with E-state index in [4.69, 9.17) is 17.2 Å². The van der Waals surface area contributed by atoms with Crippen LogP contribution in [0.4, 0.5) is 0 Å². The summed E-state index contributed by atoms with van der Waals surface area (Å²) in [6, 6.07) is 18.1. The van der Waals surface area contributed by atoms with E-state index in [1.807, 2.05) is 72.8 Å². The summed E-state index contributed by atoms with van der Waals surface area (Å²) in [6.45, 7) is 3.46. The summed E-state index contributed by atoms with van der Waals surface area (Å²) in [6.07, 6.45) is 4.66. The third kappa shape index (κ3) is 11.7. The zero-order chi connectivity index (χ0) is 37.7. The smallest absolute Gasteiger partial charge is 0.243 e. The molecule has 0 saturated heterocycles. The largest absolute Gasteiger partial charge is 0.368 e. The Bertz CT molecular complexity index is 1810. The number of nitrogens with zero attached hydrogens (tertiary/aromatic N) is 1. The molecule has 4 aromatic rings. The van der Waals surface area contributed by atoms with E-state index in [2.05, 4.69) is 31.2 Å². The number of carbonyl (C=O) groups is 5. The van der Waals surface area contributed by atoms with Crippen LogP contribution in [0.3, 0.4) is 0 Å². The van der Waals surface area contributed by atoms with Crippen LogP contribution in [-0.4, -0.2) is 75.8 Å². The van der Waals surface area contributed by atoms with Crippen molar-refractivity contribution in [2.75, 3.05) is 6.54 Å². The van der Waals surface area contributed by atoms with Crippen LogP contribution in [0.2, 0.25) is 0 Å². The van der Waals surface area contributed by atoms with Gasteiger partial charge in [0, 0.05) is 31.2 Å². The number of H-pyrrole nitrogens is 1. The van der Waals surface area contributed by atoms with Crippen LogP contribution >= 0.6 is 0 Å². The number of imidazole rings is 1. The van der Waals surface area contributed by atoms with Gasteiger partial charge in [-0.2, -0.15) is 0 Å². The molecule has 1 heterocycles. The number of hydrogen-bond acceptors (Lipinski definition) is 8. The van der Waals surface area contributed by atoms with E-state index in [0.29, 0.717) is 25.1 Å². The van der Waals surface area contributed by atoms with Gasteiger partial charge in [0.05, 0.1) is 11.9 Å². The Balaban J connectivity index is 1.65. The van der Waals surface area contributed by atoms with E-state index in [0.717, 1.165) is 21.9 Å². The summed E-state index contributed by atoms with van der Waals surface area (Å²) < 4.78 is 0. The van der Waals surface area contributed by atoms with Crippen molar-refractivity contribution in [1.82, 2.24) is 31.2 Å². The van der Waals surface area contributed by atoms with E-state index in [9.17, 15) is 24.0 Å². The van der Waals surface area contributed by atoms with Gasteiger partial charge in [0.1, 0.15) is 24.2 Å². The number of nitrogens with two attached hydrogens (primary N) is 3. The quantitative estimate of drug-likeness (QED) is 0.0648. The molecule has 0 aliphatic rings. The maximum absolute atomic E-state index is 14.3. The van der Waals surface area contributed by atoms with E-state index in [-0.39, 0.29) is 25.7 Å². The van der Waals surface area contributed by atoms with Crippen molar-refractivity contribution in [1.29, 1.82) is 0 Å². The van der Waals surface area contributed by atoms with E-state index in [1.165, 1.54) is 26.4 Å². The van der Waals surface area contributed by atoms with Gasteiger partial charge < -0.3 is 43.5 Å². The van der Waals surface area contributed by atoms with E-state index in [1.54, 1.807) is 0 Å². The second-order valence-electron chi connectivity index (χ2n) is 13.5. The van der Waals surface area contributed by atoms with Gasteiger partial charge in [-0.15, -0.1) is 0 Å². The second kappa shape index (κ2) is 18.6. The SMILES string of the molecule is CC(C)(N)C(=O)N[C@H](Cc1cnc[nH]1)C(=O)N[C@H](Cc1ccc2ccccc2c1)C(=O)N[C@H](Cc1ccccc1)C(=O)N[C@@H](CCCCN)C(N)=O. The molecule has 0 aliphatic heterocycles. The summed E-state index contributed by atoms with van der Waals surface area (Å²) in [4.78, 5) is 74.2. The number of fused-ring (bicyclic) bond motifs is 1. The molecule has 11 N–H and O–H groups in total. The predicted octanol–water partition coefficient (Wildman–Crippen LogP) is 0.882. The average Bonchev–Trinajstić information content (AvgIpc) is 3.63. The molecule has 1 aromatic heterocycles. The van der Waals surface area contributed by atoms with Crippen molar-refractivity contribution in [2.45, 2.75) is 82.1 Å². The van der Waals surface area contributed by atoms with Crippen molar-refractivity contribution >= 4 is 40.3 Å². The summed E-state index contributed by atoms with van der Waals surface area (Å²) >= 11 is 0. The van der Waals surface area contributed by atoms with Gasteiger partial charge in [-0.1, -0.05) is 72.8 Å². The highest BCUT2D eigenvalue weighted by Gasteiger charge is 2.33. The third-order valence-electron chi connectivity index (χ3n) is 8.60. The monoisotopic (exact) mass is 711 g/mol. The molecule has 276 valence electrons. The highest BCUT2D eigenvalue weighted by Crippen LogP contribution is 2.17. The molecule has 5 amide bonds. The number of benzene rings is 3. The third-order valence-corrected chi connectivity index (χ3v) is 8.60. The van der Waals surface area contributed by atoms with Crippen LogP contribution in [0.15, 0.2) is 85.3 Å². The highest BCUT2D eigenvalue weighted by atomic mass is 16.2. The predicted molar refractivity (Wildman–Crippen MR) is 198 cm³/mol. The minimum Gasteiger partial charge on any atom is -0.368 e. The van der Waals surface area contributed by atoms with Gasteiger partial charge in [0.15, 0.2) is 0 Å². The fourth-order valence-electron chi connectivity index (χ4n) is 5.63. The zero-order valence-corrected chi connectivity index (χ0v) is 29.6. The Morgan fingerprint density at radius 3 is 1.87 bits per heavy atom. The van der Waals surface area contributed by atoms with Gasteiger partial charge in [-0.05, 0) is 61.6 Å². The van der Waals surface area contributed by atoms with E-state index >= 15 is 0 Å². The molecule has 4 atom stereocenters. The van der Waals surface area contributed by atoms with Crippen molar-refractivity contribution in [2.24, 2.45) is 17.2 Å². The summed E-state index contributed by atoms with van der Waals surface area (Å²) in [5.41, 5.74) is 18.0. The Morgan fingerprint density at radius 2 is 1.29 bits per heavy atom. The number of unbranched alkanes of at least 4 members (excludes halogenated alkanes) is 1. The number of hydrogen-bond donors (Lipinski definition) is 8. The lowest BCUT2D eigenvalue weighted by atomic mass is 9.99. The van der Waals surface area contributed by atoms with Crippen LogP contribution in [0.5, 0.6) is 0 Å². The molecule has 0 bridgehead atoms. The average molecular weight is 712 g/mol. The second-order valence-corrected chi connectivity index (χ2v) is 13.5. The Labute approximate surface area is 303 Å². The highest BCUT2D eigenvalue weighted by molar-refractivity contribution is 5.96. The van der Waals surface area contributed by atoms with Crippen molar-refractivity contribution < 1.29 is 24.0 Å². The zero-order valence-electron chi connectivity index (χ0n) is 29.6. The molecule has 14 nitrogen and oxygen atoms in total. The van der Waals surface area contributed by atoms with Crippen molar-refractivity contribution in [3.8, 4) is 0 Å². The fraction of sp³-hybridized carbons (Fsp3) is 0.368. The molecule has 0 spiro atoms. The maximum Gasteiger partial charge on any atom is 0.243 e. The number of aromatic nitrogens is 2. The number of aromatic amines is 1. The molecule has 0 aliphatic carbocycles. The molecule has 14 heteroatoms. The standard InChI is InChI=1S/C38H49N9O5/c1-38(2,41)37(52)47-32(21-28-22-42-23-43-28)36(51)46-31(20-25-15-16-26-12-6-7-13-27(26)18-25)35(50)45-30(19-24-10-4-3-5-11-24)34(49)44-29(33(40)48)14-8-9-17-39/h3-7,10-13,15-16,18,22-23,29-32H,8-9,14,17,19-21,39,41H2,1-2H3,(H2,40,48)(H,42,43)(H,44,49)(H,45,50)(H,46,51)(H,47,52)/t29-,30+,31+,32+/m0/s1. The maximum atomic E-state index is 14.3. The first-order chi connectivity index (χ1) is 24.8. The number of rotatable bonds is 19. The van der Waals surface area contributed by atoms with Crippen LogP contribution in [0.1, 0.15) is 49.9 Å². The molecule has 0 unspecified atom stereocenters. The Morgan fingerprint density at radius 1 is 0.712 bits per heavy atom. The number of nitrogens with one attached hydrogen (secondary N) is 5. The van der Waals surface area contributed by atoms with Crippen LogP contribution in [0.25, 0.3) is 10.8 Å². The van der Waals surface area contributed by atoms with Crippen molar-refractivity contribution in [3.63, 3.8) is 0 Å². The number of carbonyl (C=O) groups excluding carboxylic acids is 5. The summed E-state index contributed by atoms with van der Waals surface area (Å²) in [5.74, 6) is -3.19. The van der Waals surface area contributed by atoms with Crippen molar-refractivity contribution in [3.05, 3.63) is 102 Å². The first-order valence-electron chi connectivity index (χ1n) is 17.3. The molecule has 0 fully saturated rings. The minimum absolute atomic E-state index is 0.0374. The molecule has 4 rings (SSSR count). The van der Waals surface area contributed by atoms with Gasteiger partial charge in [0.2, 0.25) is 29.5 Å². The van der Waals surface area contributed by atoms with Gasteiger partial charge in [-0.25, -0.2) is 4.98 Å². The molecular formula is C38H49N9O5. The molecule has 0 saturated carbocycles. The minimum atomic E-state index is -1.29. The lowest BCUT2D eigenvalue weighted by Gasteiger charge is -2.27. The van der Waals surface area contributed by atoms with Crippen LogP contribution in [0, 0.1) is 0 Å². The fourth-order valence-corrected chi connectivity index (χ4v) is 5.63. The van der Waals surface area contributed by atoms with Crippen LogP contribution in [-0.2, 0) is 43.2 Å². The first-order valence-corrected chi connectivity index (χ1v) is 17.3. The molecule has 52 heavy (non-hydrogen) atoms. The van der Waals surface area contributed by atoms with E-state index < -0.39 is 59.2 Å². The number of primary amides is 1. The Kier molecular flexibility index (Phi) is 14.0. The van der Waals surface area contributed by atoms with Gasteiger partial charge in [0.25, 0.3) is 0 Å². The lowest BCUT2D eigenvalue weighted by molar-refractivity contribution is -0.134. The number of amides is 5.